The van der Waals surface area contributed by atoms with Crippen molar-refractivity contribution in [3.63, 3.8) is 0 Å². The van der Waals surface area contributed by atoms with Gasteiger partial charge in [-0.1, -0.05) is 79.9 Å². The van der Waals surface area contributed by atoms with Gasteiger partial charge < -0.3 is 9.80 Å². The molecular formula is C26H34N2O. The summed E-state index contributed by atoms with van der Waals surface area (Å²) in [6.07, 6.45) is 7.98. The number of carbonyl (C=O) groups excluding carboxylic acids is 1. The summed E-state index contributed by atoms with van der Waals surface area (Å²) in [6, 6.07) is 21.3. The fraction of sp³-hybridized carbons (Fsp3) is 0.500. The predicted octanol–water partition coefficient (Wildman–Crippen LogP) is 5.18. The van der Waals surface area contributed by atoms with E-state index in [1.54, 1.807) is 0 Å². The number of likely N-dealkylation sites (N-methyl/N-ethyl adjacent to an activating group) is 1. The smallest absolute Gasteiger partial charge is 0.233 e. The molecule has 1 heterocycles. The van der Waals surface area contributed by atoms with Crippen LogP contribution in [0.5, 0.6) is 0 Å². The van der Waals surface area contributed by atoms with Crippen LogP contribution in [0.1, 0.15) is 62.1 Å². The molecule has 2 aromatic rings. The monoisotopic (exact) mass is 390 g/mol. The third-order valence-electron chi connectivity index (χ3n) is 7.04. The molecule has 0 unspecified atom stereocenters. The Hall–Kier alpha value is -2.13. The zero-order valence-corrected chi connectivity index (χ0v) is 17.7. The second-order valence-corrected chi connectivity index (χ2v) is 8.86. The topological polar surface area (TPSA) is 23.6 Å². The predicted molar refractivity (Wildman–Crippen MR) is 119 cm³/mol. The van der Waals surface area contributed by atoms with Crippen LogP contribution in [0.15, 0.2) is 60.7 Å². The second-order valence-electron chi connectivity index (χ2n) is 8.86. The molecule has 2 fully saturated rings. The molecular weight excluding hydrogens is 356 g/mol. The molecule has 1 aliphatic heterocycles. The molecule has 2 aliphatic rings. The molecule has 0 aromatic heterocycles. The summed E-state index contributed by atoms with van der Waals surface area (Å²) in [6.45, 7) is 3.22. The molecule has 3 heteroatoms. The van der Waals surface area contributed by atoms with E-state index in [1.165, 1.54) is 30.4 Å². The van der Waals surface area contributed by atoms with Gasteiger partial charge in [-0.3, -0.25) is 4.79 Å². The summed E-state index contributed by atoms with van der Waals surface area (Å²) < 4.78 is 0. The average molecular weight is 391 g/mol. The van der Waals surface area contributed by atoms with Crippen LogP contribution in [0.3, 0.4) is 0 Å². The number of rotatable bonds is 6. The Morgan fingerprint density at radius 1 is 0.897 bits per heavy atom. The van der Waals surface area contributed by atoms with E-state index in [9.17, 15) is 4.79 Å². The lowest BCUT2D eigenvalue weighted by molar-refractivity contribution is -0.140. The van der Waals surface area contributed by atoms with Crippen molar-refractivity contribution >= 4 is 5.91 Å². The first-order chi connectivity index (χ1) is 14.2. The third kappa shape index (κ3) is 4.25. The van der Waals surface area contributed by atoms with Crippen LogP contribution in [0, 0.1) is 0 Å². The molecule has 0 bridgehead atoms. The van der Waals surface area contributed by atoms with E-state index < -0.39 is 0 Å². The maximum atomic E-state index is 14.1. The molecule has 0 radical (unpaired) electrons. The van der Waals surface area contributed by atoms with Crippen molar-refractivity contribution in [3.05, 3.63) is 71.8 Å². The number of carbonyl (C=O) groups is 1. The number of amides is 1. The summed E-state index contributed by atoms with van der Waals surface area (Å²) >= 11 is 0. The van der Waals surface area contributed by atoms with Crippen LogP contribution in [0.25, 0.3) is 0 Å². The van der Waals surface area contributed by atoms with E-state index in [0.717, 1.165) is 45.3 Å². The van der Waals surface area contributed by atoms with Gasteiger partial charge in [0.1, 0.15) is 0 Å². The van der Waals surface area contributed by atoms with Crippen LogP contribution in [0.4, 0.5) is 0 Å². The highest BCUT2D eigenvalue weighted by Gasteiger charge is 2.44. The van der Waals surface area contributed by atoms with Crippen molar-refractivity contribution < 1.29 is 4.79 Å². The van der Waals surface area contributed by atoms with E-state index in [-0.39, 0.29) is 11.5 Å². The molecule has 3 nitrogen and oxygen atoms in total. The molecule has 2 aromatic carbocycles. The zero-order valence-electron chi connectivity index (χ0n) is 17.7. The van der Waals surface area contributed by atoms with Gasteiger partial charge in [0.25, 0.3) is 0 Å². The van der Waals surface area contributed by atoms with Gasteiger partial charge in [-0.2, -0.15) is 0 Å². The minimum atomic E-state index is -0.369. The van der Waals surface area contributed by atoms with E-state index in [0.29, 0.717) is 5.91 Å². The molecule has 154 valence electrons. The van der Waals surface area contributed by atoms with Crippen LogP contribution in [-0.4, -0.2) is 42.4 Å². The van der Waals surface area contributed by atoms with E-state index >= 15 is 0 Å². The summed E-state index contributed by atoms with van der Waals surface area (Å²) in [5.74, 6) is 0.302. The summed E-state index contributed by atoms with van der Waals surface area (Å²) in [7, 11) is 2.04. The van der Waals surface area contributed by atoms with Crippen LogP contribution >= 0.6 is 0 Å². The zero-order chi connectivity index (χ0) is 20.1. The van der Waals surface area contributed by atoms with Gasteiger partial charge in [0.15, 0.2) is 0 Å². The minimum absolute atomic E-state index is 0.101. The molecule has 1 amide bonds. The van der Waals surface area contributed by atoms with Crippen LogP contribution in [0.2, 0.25) is 0 Å². The van der Waals surface area contributed by atoms with Crippen molar-refractivity contribution in [1.82, 2.24) is 9.80 Å². The molecule has 1 saturated heterocycles. The van der Waals surface area contributed by atoms with Crippen LogP contribution in [-0.2, 0) is 10.2 Å². The first-order valence-corrected chi connectivity index (χ1v) is 11.3. The van der Waals surface area contributed by atoms with Crippen molar-refractivity contribution in [2.45, 2.75) is 56.4 Å². The SMILES string of the molecule is CN(C(=O)C1(c2ccccc2)CCCCC1)[C@H](CN1CCCC1)c1ccccc1. The first-order valence-electron chi connectivity index (χ1n) is 11.3. The van der Waals surface area contributed by atoms with Gasteiger partial charge in [0.05, 0.1) is 11.5 Å². The maximum Gasteiger partial charge on any atom is 0.233 e. The number of likely N-dealkylation sites (tertiary alicyclic amines) is 1. The third-order valence-corrected chi connectivity index (χ3v) is 7.04. The Kier molecular flexibility index (Phi) is 6.34. The average Bonchev–Trinajstić information content (AvgIpc) is 3.31. The summed E-state index contributed by atoms with van der Waals surface area (Å²) in [4.78, 5) is 18.7. The summed E-state index contributed by atoms with van der Waals surface area (Å²) in [5.41, 5.74) is 2.07. The Balaban J connectivity index is 1.66. The highest BCUT2D eigenvalue weighted by Crippen LogP contribution is 2.42. The van der Waals surface area contributed by atoms with Crippen molar-refractivity contribution in [3.8, 4) is 0 Å². The van der Waals surface area contributed by atoms with Gasteiger partial charge >= 0.3 is 0 Å². The Morgan fingerprint density at radius 2 is 1.48 bits per heavy atom. The second kappa shape index (κ2) is 9.13. The largest absolute Gasteiger partial charge is 0.337 e. The molecule has 0 N–H and O–H groups in total. The molecule has 1 saturated carbocycles. The first kappa shape index (κ1) is 20.2. The van der Waals surface area contributed by atoms with E-state index in [2.05, 4.69) is 64.4 Å². The standard InChI is InChI=1S/C26H34N2O/c1-27(24(21-28-19-11-12-20-28)22-13-5-2-6-14-22)25(29)26(17-9-4-10-18-26)23-15-7-3-8-16-23/h2-3,5-8,13-16,24H,4,9-12,17-21H2,1H3/t24-/m1/s1. The van der Waals surface area contributed by atoms with Crippen molar-refractivity contribution in [1.29, 1.82) is 0 Å². The lowest BCUT2D eigenvalue weighted by Gasteiger charge is -2.42. The summed E-state index contributed by atoms with van der Waals surface area (Å²) in [5, 5.41) is 0. The van der Waals surface area contributed by atoms with Gasteiger partial charge in [-0.05, 0) is 49.9 Å². The van der Waals surface area contributed by atoms with Gasteiger partial charge in [-0.25, -0.2) is 0 Å². The number of benzene rings is 2. The van der Waals surface area contributed by atoms with Crippen LogP contribution < -0.4 is 0 Å². The molecule has 0 spiro atoms. The normalized spacial score (nSPS) is 20.3. The lowest BCUT2D eigenvalue weighted by atomic mass is 9.68. The lowest BCUT2D eigenvalue weighted by Crippen LogP contribution is -2.49. The number of hydrogen-bond acceptors (Lipinski definition) is 2. The van der Waals surface area contributed by atoms with Gasteiger partial charge in [0.2, 0.25) is 5.91 Å². The number of nitrogens with zero attached hydrogens (tertiary/aromatic N) is 2. The highest BCUT2D eigenvalue weighted by molar-refractivity contribution is 5.88. The van der Waals surface area contributed by atoms with E-state index in [1.807, 2.05) is 13.1 Å². The molecule has 29 heavy (non-hydrogen) atoms. The Labute approximate surface area is 175 Å². The highest BCUT2D eigenvalue weighted by atomic mass is 16.2. The molecule has 1 aliphatic carbocycles. The quantitative estimate of drug-likeness (QED) is 0.678. The fourth-order valence-corrected chi connectivity index (χ4v) is 5.35. The van der Waals surface area contributed by atoms with Crippen molar-refractivity contribution in [2.24, 2.45) is 0 Å². The minimum Gasteiger partial charge on any atom is -0.337 e. The Bertz CT molecular complexity index is 777. The fourth-order valence-electron chi connectivity index (χ4n) is 5.35. The van der Waals surface area contributed by atoms with Crippen molar-refractivity contribution in [2.75, 3.05) is 26.7 Å². The molecule has 1 atom stereocenters. The maximum absolute atomic E-state index is 14.1. The molecule has 4 rings (SSSR count). The Morgan fingerprint density at radius 3 is 2.10 bits per heavy atom. The van der Waals surface area contributed by atoms with Gasteiger partial charge in [0, 0.05) is 13.6 Å². The van der Waals surface area contributed by atoms with E-state index in [4.69, 9.17) is 0 Å². The van der Waals surface area contributed by atoms with Gasteiger partial charge in [-0.15, -0.1) is 0 Å². The number of hydrogen-bond donors (Lipinski definition) is 0.